The lowest BCUT2D eigenvalue weighted by molar-refractivity contribution is -0.115. The van der Waals surface area contributed by atoms with E-state index in [0.29, 0.717) is 22.1 Å². The number of nitrogens with one attached hydrogen (secondary N) is 2. The molecule has 0 aliphatic heterocycles. The number of carbonyl (C=O) groups excluding carboxylic acids is 2. The smallest absolute Gasteiger partial charge is 0.255 e. The maximum atomic E-state index is 12.9. The van der Waals surface area contributed by atoms with Crippen LogP contribution < -0.4 is 10.6 Å². The molecule has 36 heavy (non-hydrogen) atoms. The Morgan fingerprint density at radius 2 is 1.61 bits per heavy atom. The van der Waals surface area contributed by atoms with Gasteiger partial charge in [-0.25, -0.2) is 8.42 Å². The topological polar surface area (TPSA) is 92.3 Å². The molecule has 0 radical (unpaired) electrons. The van der Waals surface area contributed by atoms with Crippen molar-refractivity contribution in [2.45, 2.75) is 50.3 Å². The Labute approximate surface area is 213 Å². The van der Waals surface area contributed by atoms with Gasteiger partial charge in [-0.05, 0) is 85.2 Å². The Morgan fingerprint density at radius 1 is 0.889 bits per heavy atom. The molecule has 3 aromatic carbocycles. The fourth-order valence-electron chi connectivity index (χ4n) is 4.08. The first-order valence-corrected chi connectivity index (χ1v) is 14.1. The van der Waals surface area contributed by atoms with Crippen molar-refractivity contribution >= 4 is 33.0 Å². The molecule has 0 spiro atoms. The maximum absolute atomic E-state index is 12.9. The number of sulfone groups is 1. The van der Waals surface area contributed by atoms with Crippen molar-refractivity contribution in [1.82, 2.24) is 0 Å². The second kappa shape index (κ2) is 11.5. The molecule has 3 aromatic rings. The average molecular weight is 505 g/mol. The van der Waals surface area contributed by atoms with E-state index in [1.54, 1.807) is 36.4 Å². The second-order valence-electron chi connectivity index (χ2n) is 9.39. The van der Waals surface area contributed by atoms with E-state index < -0.39 is 9.84 Å². The number of hydrogen-bond donors (Lipinski definition) is 2. The van der Waals surface area contributed by atoms with E-state index in [2.05, 4.69) is 17.6 Å². The molecule has 188 valence electrons. The lowest BCUT2D eigenvalue weighted by atomic mass is 10.00. The van der Waals surface area contributed by atoms with E-state index in [0.717, 1.165) is 48.9 Å². The van der Waals surface area contributed by atoms with Gasteiger partial charge in [0.2, 0.25) is 5.91 Å². The van der Waals surface area contributed by atoms with E-state index in [-0.39, 0.29) is 24.0 Å². The van der Waals surface area contributed by atoms with Gasteiger partial charge in [0.1, 0.15) is 0 Å². The SMILES string of the molecule is CCCCc1cc(NC(=O)Cc2ccc(S(=O)(=O)CC3CC3)cc2)ccc1C(=O)Nc1ccccc1. The first-order valence-electron chi connectivity index (χ1n) is 12.4. The Hall–Kier alpha value is -3.45. The van der Waals surface area contributed by atoms with Crippen molar-refractivity contribution in [3.8, 4) is 0 Å². The summed E-state index contributed by atoms with van der Waals surface area (Å²) in [7, 11) is -3.27. The summed E-state index contributed by atoms with van der Waals surface area (Å²) in [6.45, 7) is 2.10. The molecule has 0 saturated heterocycles. The predicted molar refractivity (Wildman–Crippen MR) is 143 cm³/mol. The van der Waals surface area contributed by atoms with E-state index in [4.69, 9.17) is 0 Å². The monoisotopic (exact) mass is 504 g/mol. The summed E-state index contributed by atoms with van der Waals surface area (Å²) >= 11 is 0. The predicted octanol–water partition coefficient (Wildman–Crippen LogP) is 5.65. The van der Waals surface area contributed by atoms with Crippen molar-refractivity contribution in [1.29, 1.82) is 0 Å². The van der Waals surface area contributed by atoms with Crippen LogP contribution in [0.5, 0.6) is 0 Å². The van der Waals surface area contributed by atoms with E-state index in [1.807, 2.05) is 36.4 Å². The molecule has 2 amide bonds. The van der Waals surface area contributed by atoms with Crippen LogP contribution in [0.1, 0.15) is 54.1 Å². The molecule has 0 heterocycles. The van der Waals surface area contributed by atoms with Crippen molar-refractivity contribution in [2.24, 2.45) is 5.92 Å². The van der Waals surface area contributed by atoms with Crippen molar-refractivity contribution in [3.63, 3.8) is 0 Å². The van der Waals surface area contributed by atoms with Gasteiger partial charge in [-0.1, -0.05) is 43.7 Å². The van der Waals surface area contributed by atoms with Crippen molar-refractivity contribution in [2.75, 3.05) is 16.4 Å². The van der Waals surface area contributed by atoms with Gasteiger partial charge in [0.25, 0.3) is 5.91 Å². The lowest BCUT2D eigenvalue weighted by Crippen LogP contribution is -2.17. The molecule has 1 aliphatic carbocycles. The summed E-state index contributed by atoms with van der Waals surface area (Å²) in [5.41, 5.74) is 3.57. The number of hydrogen-bond acceptors (Lipinski definition) is 4. The van der Waals surface area contributed by atoms with Gasteiger partial charge >= 0.3 is 0 Å². The quantitative estimate of drug-likeness (QED) is 0.353. The van der Waals surface area contributed by atoms with Crippen LogP contribution >= 0.6 is 0 Å². The fourth-order valence-corrected chi connectivity index (χ4v) is 5.78. The van der Waals surface area contributed by atoms with Gasteiger partial charge in [-0.2, -0.15) is 0 Å². The number of anilines is 2. The molecule has 2 N–H and O–H groups in total. The molecule has 0 unspecified atom stereocenters. The summed E-state index contributed by atoms with van der Waals surface area (Å²) in [4.78, 5) is 25.9. The summed E-state index contributed by atoms with van der Waals surface area (Å²) in [6, 6.07) is 21.2. The highest BCUT2D eigenvalue weighted by atomic mass is 32.2. The molecule has 0 bridgehead atoms. The number of rotatable bonds is 11. The van der Waals surface area contributed by atoms with Gasteiger partial charge in [0, 0.05) is 16.9 Å². The maximum Gasteiger partial charge on any atom is 0.255 e. The van der Waals surface area contributed by atoms with E-state index >= 15 is 0 Å². The van der Waals surface area contributed by atoms with Crippen LogP contribution in [0.15, 0.2) is 77.7 Å². The number of unbranched alkanes of at least 4 members (excludes halogenated alkanes) is 1. The van der Waals surface area contributed by atoms with Crippen LogP contribution in [0.4, 0.5) is 11.4 Å². The first kappa shape index (κ1) is 25.6. The van der Waals surface area contributed by atoms with E-state index in [1.165, 1.54) is 0 Å². The highest BCUT2D eigenvalue weighted by Crippen LogP contribution is 2.32. The third kappa shape index (κ3) is 7.04. The molecule has 0 atom stereocenters. The Kier molecular flexibility index (Phi) is 8.21. The van der Waals surface area contributed by atoms with Gasteiger partial charge in [0.05, 0.1) is 17.1 Å². The summed E-state index contributed by atoms with van der Waals surface area (Å²) in [5, 5.41) is 5.84. The minimum absolute atomic E-state index is 0.128. The van der Waals surface area contributed by atoms with Crippen LogP contribution in [0.25, 0.3) is 0 Å². The van der Waals surface area contributed by atoms with Crippen LogP contribution in [0.2, 0.25) is 0 Å². The average Bonchev–Trinajstić information content (AvgIpc) is 3.67. The minimum Gasteiger partial charge on any atom is -0.326 e. The van der Waals surface area contributed by atoms with Gasteiger partial charge in [-0.3, -0.25) is 9.59 Å². The van der Waals surface area contributed by atoms with Crippen molar-refractivity contribution < 1.29 is 18.0 Å². The van der Waals surface area contributed by atoms with Crippen LogP contribution in [-0.4, -0.2) is 26.0 Å². The molecule has 0 aromatic heterocycles. The van der Waals surface area contributed by atoms with Gasteiger partial charge in [-0.15, -0.1) is 0 Å². The lowest BCUT2D eigenvalue weighted by Gasteiger charge is -2.13. The zero-order chi connectivity index (χ0) is 25.5. The zero-order valence-corrected chi connectivity index (χ0v) is 21.3. The second-order valence-corrected chi connectivity index (χ2v) is 11.4. The van der Waals surface area contributed by atoms with Crippen LogP contribution in [0, 0.1) is 5.92 Å². The van der Waals surface area contributed by atoms with E-state index in [9.17, 15) is 18.0 Å². The number of aryl methyl sites for hydroxylation is 1. The number of carbonyl (C=O) groups is 2. The number of para-hydroxylation sites is 1. The van der Waals surface area contributed by atoms with Crippen LogP contribution in [0.3, 0.4) is 0 Å². The molecular formula is C29H32N2O4S. The Morgan fingerprint density at radius 3 is 2.28 bits per heavy atom. The standard InChI is InChI=1S/C29H32N2O4S/c1-2-3-7-23-19-25(14-17-27(23)29(33)31-24-8-5-4-6-9-24)30-28(32)18-21-12-15-26(16-13-21)36(34,35)20-22-10-11-22/h4-6,8-9,12-17,19,22H,2-3,7,10-11,18,20H2,1H3,(H,30,32)(H,31,33). The zero-order valence-electron chi connectivity index (χ0n) is 20.5. The minimum atomic E-state index is -3.27. The Balaban J connectivity index is 1.41. The van der Waals surface area contributed by atoms with Gasteiger partial charge in [0.15, 0.2) is 9.84 Å². The number of amides is 2. The van der Waals surface area contributed by atoms with Crippen LogP contribution in [-0.2, 0) is 27.5 Å². The summed E-state index contributed by atoms with van der Waals surface area (Å²) < 4.78 is 24.9. The van der Waals surface area contributed by atoms with Gasteiger partial charge < -0.3 is 10.6 Å². The first-order chi connectivity index (χ1) is 17.3. The largest absolute Gasteiger partial charge is 0.326 e. The fraction of sp³-hybridized carbons (Fsp3) is 0.310. The third-order valence-electron chi connectivity index (χ3n) is 6.26. The molecule has 1 fully saturated rings. The molecular weight excluding hydrogens is 472 g/mol. The Bertz CT molecular complexity index is 1320. The summed E-state index contributed by atoms with van der Waals surface area (Å²) in [5.74, 6) is 0.110. The normalized spacial score (nSPS) is 13.2. The highest BCUT2D eigenvalue weighted by Gasteiger charge is 2.29. The molecule has 1 saturated carbocycles. The molecule has 7 heteroatoms. The highest BCUT2D eigenvalue weighted by molar-refractivity contribution is 7.91. The number of benzene rings is 3. The van der Waals surface area contributed by atoms with Crippen molar-refractivity contribution in [3.05, 3.63) is 89.5 Å². The molecule has 1 aliphatic rings. The summed E-state index contributed by atoms with van der Waals surface area (Å²) in [6.07, 6.45) is 4.74. The third-order valence-corrected chi connectivity index (χ3v) is 8.16. The molecule has 4 rings (SSSR count). The molecule has 6 nitrogen and oxygen atoms in total.